The first-order chi connectivity index (χ1) is 14.2. The summed E-state index contributed by atoms with van der Waals surface area (Å²) >= 11 is 0. The number of oxime groups is 1. The molecule has 3 aromatic rings. The summed E-state index contributed by atoms with van der Waals surface area (Å²) in [5.74, 6) is -0.352. The van der Waals surface area contributed by atoms with Gasteiger partial charge in [0.2, 0.25) is 0 Å². The molecule has 0 fully saturated rings. The predicted molar refractivity (Wildman–Crippen MR) is 113 cm³/mol. The van der Waals surface area contributed by atoms with Crippen LogP contribution in [0.25, 0.3) is 11.1 Å². The molecule has 5 rings (SSSR count). The molecule has 2 heterocycles. The summed E-state index contributed by atoms with van der Waals surface area (Å²) in [6.07, 6.45) is 0.904. The molecule has 2 aliphatic rings. The number of amides is 1. The molecule has 0 saturated heterocycles. The maximum Gasteiger partial charge on any atom is 0.278 e. The van der Waals surface area contributed by atoms with E-state index in [0.717, 1.165) is 48.4 Å². The van der Waals surface area contributed by atoms with Crippen molar-refractivity contribution in [3.05, 3.63) is 89.0 Å². The highest BCUT2D eigenvalue weighted by Crippen LogP contribution is 2.40. The van der Waals surface area contributed by atoms with Crippen LogP contribution in [0.5, 0.6) is 0 Å². The molecule has 0 aliphatic carbocycles. The molecule has 5 nitrogen and oxygen atoms in total. The molecule has 0 spiro atoms. The summed E-state index contributed by atoms with van der Waals surface area (Å²) in [6.45, 7) is 2.56. The van der Waals surface area contributed by atoms with E-state index in [1.165, 1.54) is 11.1 Å². The number of fused-ring (bicyclic) bond motifs is 3. The highest BCUT2D eigenvalue weighted by Gasteiger charge is 2.33. The molecule has 144 valence electrons. The van der Waals surface area contributed by atoms with Gasteiger partial charge in [-0.2, -0.15) is 0 Å². The van der Waals surface area contributed by atoms with Crippen LogP contribution in [0.15, 0.2) is 71.9 Å². The highest BCUT2D eigenvalue weighted by molar-refractivity contribution is 6.54. The van der Waals surface area contributed by atoms with Gasteiger partial charge in [0.05, 0.1) is 5.69 Å². The molecule has 0 aromatic heterocycles. The number of carbonyl (C=O) groups excluding carboxylic acids is 1. The lowest BCUT2D eigenvalue weighted by Crippen LogP contribution is -2.31. The Morgan fingerprint density at radius 2 is 1.69 bits per heavy atom. The first-order valence-electron chi connectivity index (χ1n) is 9.79. The Hall–Kier alpha value is -3.44. The minimum absolute atomic E-state index is 0.0835. The third-order valence-electron chi connectivity index (χ3n) is 5.75. The number of rotatable bonds is 3. The van der Waals surface area contributed by atoms with Crippen LogP contribution in [0.3, 0.4) is 0 Å². The Bertz CT molecular complexity index is 1110. The third kappa shape index (κ3) is 3.09. The van der Waals surface area contributed by atoms with Gasteiger partial charge in [0.1, 0.15) is 0 Å². The quantitative estimate of drug-likeness (QED) is 0.530. The van der Waals surface area contributed by atoms with Crippen molar-refractivity contribution in [2.45, 2.75) is 19.5 Å². The number of hydrogen-bond donors (Lipinski definition) is 2. The molecule has 2 aliphatic heterocycles. The minimum atomic E-state index is -0.352. The van der Waals surface area contributed by atoms with Crippen LogP contribution in [0.4, 0.5) is 5.69 Å². The third-order valence-corrected chi connectivity index (χ3v) is 5.75. The van der Waals surface area contributed by atoms with Gasteiger partial charge in [-0.05, 0) is 40.3 Å². The van der Waals surface area contributed by atoms with Crippen molar-refractivity contribution in [1.82, 2.24) is 4.90 Å². The maximum absolute atomic E-state index is 12.4. The summed E-state index contributed by atoms with van der Waals surface area (Å²) < 4.78 is 0. The summed E-state index contributed by atoms with van der Waals surface area (Å²) in [5.41, 5.74) is 7.42. The van der Waals surface area contributed by atoms with Gasteiger partial charge >= 0.3 is 0 Å². The monoisotopic (exact) mass is 383 g/mol. The van der Waals surface area contributed by atoms with Crippen molar-refractivity contribution < 1.29 is 10.0 Å². The number of hydrogen-bond acceptors (Lipinski definition) is 4. The Morgan fingerprint density at radius 3 is 2.41 bits per heavy atom. The first-order valence-corrected chi connectivity index (χ1v) is 9.79. The number of carbonyl (C=O) groups is 1. The lowest BCUT2D eigenvalue weighted by Gasteiger charge is -2.31. The van der Waals surface area contributed by atoms with Crippen LogP contribution >= 0.6 is 0 Å². The van der Waals surface area contributed by atoms with Crippen LogP contribution in [0.1, 0.15) is 22.3 Å². The molecule has 0 radical (unpaired) electrons. The number of nitrogens with one attached hydrogen (secondary N) is 1. The van der Waals surface area contributed by atoms with Gasteiger partial charge < -0.3 is 10.5 Å². The van der Waals surface area contributed by atoms with Crippen LogP contribution in [-0.2, 0) is 24.3 Å². The number of anilines is 1. The second-order valence-electron chi connectivity index (χ2n) is 7.52. The van der Waals surface area contributed by atoms with E-state index in [-0.39, 0.29) is 11.6 Å². The van der Waals surface area contributed by atoms with E-state index < -0.39 is 0 Å². The molecule has 0 atom stereocenters. The van der Waals surface area contributed by atoms with E-state index in [1.807, 2.05) is 30.3 Å². The van der Waals surface area contributed by atoms with Gasteiger partial charge in [-0.1, -0.05) is 65.8 Å². The molecule has 1 amide bonds. The van der Waals surface area contributed by atoms with Crippen molar-refractivity contribution in [3.63, 3.8) is 0 Å². The zero-order valence-corrected chi connectivity index (χ0v) is 15.9. The van der Waals surface area contributed by atoms with Crippen LogP contribution < -0.4 is 5.32 Å². The SMILES string of the molecule is O=C1Nc2c(cc(-c3ccccc3)c3c2CN(Cc2ccccc2)CC3)C1=NO. The first kappa shape index (κ1) is 17.6. The van der Waals surface area contributed by atoms with E-state index in [1.54, 1.807) is 0 Å². The molecule has 0 saturated carbocycles. The fourth-order valence-electron chi connectivity index (χ4n) is 4.39. The van der Waals surface area contributed by atoms with Gasteiger partial charge in [-0.15, -0.1) is 0 Å². The Labute approximate surface area is 169 Å². The lowest BCUT2D eigenvalue weighted by molar-refractivity contribution is -0.110. The molecule has 0 bridgehead atoms. The number of benzene rings is 3. The molecular weight excluding hydrogens is 362 g/mol. The van der Waals surface area contributed by atoms with Gasteiger partial charge in [-0.25, -0.2) is 0 Å². The normalized spacial score (nSPS) is 17.1. The van der Waals surface area contributed by atoms with E-state index in [2.05, 4.69) is 51.8 Å². The summed E-state index contributed by atoms with van der Waals surface area (Å²) in [7, 11) is 0. The van der Waals surface area contributed by atoms with E-state index in [9.17, 15) is 10.0 Å². The predicted octanol–water partition coefficient (Wildman–Crippen LogP) is 4.04. The van der Waals surface area contributed by atoms with Gasteiger partial charge in [0.15, 0.2) is 5.71 Å². The summed E-state index contributed by atoms with van der Waals surface area (Å²) in [5, 5.41) is 15.6. The van der Waals surface area contributed by atoms with Crippen LogP contribution in [-0.4, -0.2) is 28.3 Å². The average molecular weight is 383 g/mol. The van der Waals surface area contributed by atoms with Crippen molar-refractivity contribution >= 4 is 17.3 Å². The van der Waals surface area contributed by atoms with Crippen LogP contribution in [0, 0.1) is 0 Å². The minimum Gasteiger partial charge on any atom is -0.410 e. The largest absolute Gasteiger partial charge is 0.410 e. The molecule has 0 unspecified atom stereocenters. The second kappa shape index (κ2) is 7.18. The smallest absolute Gasteiger partial charge is 0.278 e. The Morgan fingerprint density at radius 1 is 0.966 bits per heavy atom. The van der Waals surface area contributed by atoms with Crippen molar-refractivity contribution in [2.75, 3.05) is 11.9 Å². The number of nitrogens with zero attached hydrogens (tertiary/aromatic N) is 2. The molecule has 3 aromatic carbocycles. The van der Waals surface area contributed by atoms with Crippen molar-refractivity contribution in [1.29, 1.82) is 0 Å². The Balaban J connectivity index is 1.61. The summed E-state index contributed by atoms with van der Waals surface area (Å²) in [4.78, 5) is 14.7. The van der Waals surface area contributed by atoms with E-state index in [4.69, 9.17) is 0 Å². The highest BCUT2D eigenvalue weighted by atomic mass is 16.4. The fraction of sp³-hybridized carbons (Fsp3) is 0.167. The van der Waals surface area contributed by atoms with Crippen molar-refractivity contribution in [2.24, 2.45) is 5.16 Å². The van der Waals surface area contributed by atoms with Crippen molar-refractivity contribution in [3.8, 4) is 11.1 Å². The van der Waals surface area contributed by atoms with Crippen LogP contribution in [0.2, 0.25) is 0 Å². The van der Waals surface area contributed by atoms with Gasteiger partial charge in [-0.3, -0.25) is 9.69 Å². The molecular formula is C24H21N3O2. The topological polar surface area (TPSA) is 64.9 Å². The molecule has 5 heteroatoms. The zero-order valence-electron chi connectivity index (χ0n) is 15.9. The fourth-order valence-corrected chi connectivity index (χ4v) is 4.39. The van der Waals surface area contributed by atoms with E-state index >= 15 is 0 Å². The van der Waals surface area contributed by atoms with Gasteiger partial charge in [0, 0.05) is 25.2 Å². The molecule has 29 heavy (non-hydrogen) atoms. The summed E-state index contributed by atoms with van der Waals surface area (Å²) in [6, 6.07) is 22.6. The van der Waals surface area contributed by atoms with E-state index in [0.29, 0.717) is 5.56 Å². The maximum atomic E-state index is 12.4. The lowest BCUT2D eigenvalue weighted by atomic mass is 9.87. The molecule has 2 N–H and O–H groups in total. The van der Waals surface area contributed by atoms with Gasteiger partial charge in [0.25, 0.3) is 5.91 Å². The Kier molecular flexibility index (Phi) is 4.37. The standard InChI is InChI=1S/C24H21N3O2/c28-24-23(26-29)20-13-19(17-9-5-2-6-10-17)18-11-12-27(15-21(18)22(20)25-24)14-16-7-3-1-4-8-16/h1-10,13,29H,11-12,14-15H2,(H,25,26,28). The second-order valence-corrected chi connectivity index (χ2v) is 7.52. The average Bonchev–Trinajstić information content (AvgIpc) is 3.09. The zero-order chi connectivity index (χ0) is 19.8.